The summed E-state index contributed by atoms with van der Waals surface area (Å²) in [7, 11) is 1.31. The number of carbonyl (C=O) groups excluding carboxylic acids is 3. The summed E-state index contributed by atoms with van der Waals surface area (Å²) in [6, 6.07) is 8.32. The number of methoxy groups -OCH3 is 1. The van der Waals surface area contributed by atoms with Crippen LogP contribution in [-0.4, -0.2) is 36.6 Å². The zero-order valence-corrected chi connectivity index (χ0v) is 11.8. The first-order valence-corrected chi connectivity index (χ1v) is 6.71. The number of cyclic esters (lactones) is 1. The maximum atomic E-state index is 12.2. The Bertz CT molecular complexity index is 528. The molecule has 0 N–H and O–H groups in total. The Labute approximate surface area is 122 Å². The fourth-order valence-electron chi connectivity index (χ4n) is 2.21. The lowest BCUT2D eigenvalue weighted by atomic mass is 10.1. The molecule has 6 heteroatoms. The molecule has 1 fully saturated rings. The molecule has 0 aromatic heterocycles. The first-order chi connectivity index (χ1) is 10.1. The van der Waals surface area contributed by atoms with Gasteiger partial charge in [-0.25, -0.2) is 4.79 Å². The van der Waals surface area contributed by atoms with Gasteiger partial charge in [0.05, 0.1) is 7.11 Å². The second-order valence-corrected chi connectivity index (χ2v) is 4.70. The fraction of sp³-hybridized carbons (Fsp3) is 0.400. The molecule has 112 valence electrons. The topological polar surface area (TPSA) is 72.9 Å². The highest BCUT2D eigenvalue weighted by atomic mass is 16.6. The highest BCUT2D eigenvalue weighted by Gasteiger charge is 2.38. The Morgan fingerprint density at radius 3 is 2.67 bits per heavy atom. The lowest BCUT2D eigenvalue weighted by Gasteiger charge is -2.20. The summed E-state index contributed by atoms with van der Waals surface area (Å²) in [5.74, 6) is -0.989. The Morgan fingerprint density at radius 1 is 1.29 bits per heavy atom. The summed E-state index contributed by atoms with van der Waals surface area (Å²) in [6.45, 7) is -0.0462. The molecule has 21 heavy (non-hydrogen) atoms. The van der Waals surface area contributed by atoms with Crippen LogP contribution in [0.25, 0.3) is 0 Å². The van der Waals surface area contributed by atoms with Gasteiger partial charge in [0.15, 0.2) is 12.8 Å². The summed E-state index contributed by atoms with van der Waals surface area (Å²) in [5.41, 5.74) is 0.723. The maximum absolute atomic E-state index is 12.2. The van der Waals surface area contributed by atoms with Gasteiger partial charge in [0.1, 0.15) is 0 Å². The second-order valence-electron chi connectivity index (χ2n) is 4.70. The molecule has 1 unspecified atom stereocenters. The van der Waals surface area contributed by atoms with E-state index in [1.807, 2.05) is 6.07 Å². The molecule has 1 aliphatic rings. The number of hydrogen-bond donors (Lipinski definition) is 0. The molecule has 1 heterocycles. The normalized spacial score (nSPS) is 17.5. The van der Waals surface area contributed by atoms with Gasteiger partial charge in [0, 0.05) is 12.8 Å². The van der Waals surface area contributed by atoms with Crippen LogP contribution in [0, 0.1) is 0 Å². The number of esters is 2. The van der Waals surface area contributed by atoms with E-state index in [4.69, 9.17) is 4.74 Å². The average molecular weight is 291 g/mol. The average Bonchev–Trinajstić information content (AvgIpc) is 2.89. The lowest BCUT2D eigenvalue weighted by molar-refractivity contribution is -0.141. The number of ether oxygens (including phenoxy) is 2. The van der Waals surface area contributed by atoms with E-state index in [1.54, 1.807) is 24.3 Å². The van der Waals surface area contributed by atoms with Crippen LogP contribution in [-0.2, 0) is 23.9 Å². The standard InChI is InChI=1S/C15H17NO5/c1-20-13(18)9-5-8-12(17)16-10-21-15(19)14(16)11-6-3-2-4-7-11/h2-4,6-7,14H,5,8-10H2,1H3. The molecule has 0 spiro atoms. The van der Waals surface area contributed by atoms with Crippen molar-refractivity contribution in [2.75, 3.05) is 13.8 Å². The molecule has 1 aromatic carbocycles. The molecule has 1 aromatic rings. The fourth-order valence-corrected chi connectivity index (χ4v) is 2.21. The maximum Gasteiger partial charge on any atom is 0.335 e. The summed E-state index contributed by atoms with van der Waals surface area (Å²) in [6.07, 6.45) is 0.744. The van der Waals surface area contributed by atoms with Crippen molar-refractivity contribution in [3.8, 4) is 0 Å². The molecule has 0 bridgehead atoms. The zero-order chi connectivity index (χ0) is 15.2. The molecule has 1 amide bonds. The van der Waals surface area contributed by atoms with Gasteiger partial charge in [-0.15, -0.1) is 0 Å². The van der Waals surface area contributed by atoms with Gasteiger partial charge in [0.25, 0.3) is 0 Å². The predicted octanol–water partition coefficient (Wildman–Crippen LogP) is 1.41. The van der Waals surface area contributed by atoms with Crippen LogP contribution in [0.4, 0.5) is 0 Å². The minimum Gasteiger partial charge on any atom is -0.469 e. The minimum atomic E-state index is -0.697. The second kappa shape index (κ2) is 6.88. The lowest BCUT2D eigenvalue weighted by Crippen LogP contribution is -2.32. The van der Waals surface area contributed by atoms with Crippen molar-refractivity contribution >= 4 is 17.8 Å². The summed E-state index contributed by atoms with van der Waals surface area (Å²) >= 11 is 0. The van der Waals surface area contributed by atoms with Crippen molar-refractivity contribution < 1.29 is 23.9 Å². The molecule has 2 rings (SSSR count). The van der Waals surface area contributed by atoms with Crippen LogP contribution in [0.1, 0.15) is 30.9 Å². The summed E-state index contributed by atoms with van der Waals surface area (Å²) in [4.78, 5) is 36.4. The monoisotopic (exact) mass is 291 g/mol. The molecule has 1 aliphatic heterocycles. The van der Waals surface area contributed by atoms with Crippen LogP contribution < -0.4 is 0 Å². The predicted molar refractivity (Wildman–Crippen MR) is 72.9 cm³/mol. The molecular weight excluding hydrogens is 274 g/mol. The number of amides is 1. The van der Waals surface area contributed by atoms with Gasteiger partial charge in [-0.1, -0.05) is 30.3 Å². The summed E-state index contributed by atoms with van der Waals surface area (Å²) < 4.78 is 9.50. The number of rotatable bonds is 5. The number of hydrogen-bond acceptors (Lipinski definition) is 5. The van der Waals surface area contributed by atoms with Crippen LogP contribution in [0.3, 0.4) is 0 Å². The third kappa shape index (κ3) is 3.59. The van der Waals surface area contributed by atoms with E-state index in [0.29, 0.717) is 6.42 Å². The molecule has 0 aliphatic carbocycles. The Balaban J connectivity index is 1.99. The van der Waals surface area contributed by atoms with E-state index in [9.17, 15) is 14.4 Å². The van der Waals surface area contributed by atoms with Crippen LogP contribution in [0.5, 0.6) is 0 Å². The van der Waals surface area contributed by atoms with Crippen molar-refractivity contribution in [1.82, 2.24) is 4.90 Å². The van der Waals surface area contributed by atoms with Gasteiger partial charge in [-0.05, 0) is 12.0 Å². The number of benzene rings is 1. The van der Waals surface area contributed by atoms with Crippen molar-refractivity contribution in [2.45, 2.75) is 25.3 Å². The highest BCUT2D eigenvalue weighted by molar-refractivity contribution is 5.87. The van der Waals surface area contributed by atoms with Crippen LogP contribution in [0.2, 0.25) is 0 Å². The van der Waals surface area contributed by atoms with Crippen molar-refractivity contribution in [3.63, 3.8) is 0 Å². The van der Waals surface area contributed by atoms with Gasteiger partial charge in [-0.3, -0.25) is 14.5 Å². The molecule has 1 saturated heterocycles. The Hall–Kier alpha value is -2.37. The van der Waals surface area contributed by atoms with Crippen molar-refractivity contribution in [3.05, 3.63) is 35.9 Å². The van der Waals surface area contributed by atoms with E-state index in [-0.39, 0.29) is 31.4 Å². The highest BCUT2D eigenvalue weighted by Crippen LogP contribution is 2.28. The van der Waals surface area contributed by atoms with E-state index in [0.717, 1.165) is 5.56 Å². The molecule has 0 radical (unpaired) electrons. The van der Waals surface area contributed by atoms with Crippen LogP contribution in [0.15, 0.2) is 30.3 Å². The quantitative estimate of drug-likeness (QED) is 0.767. The minimum absolute atomic E-state index is 0.0462. The number of carbonyl (C=O) groups is 3. The van der Waals surface area contributed by atoms with E-state index < -0.39 is 12.0 Å². The first kappa shape index (κ1) is 15.0. The number of nitrogens with zero attached hydrogens (tertiary/aromatic N) is 1. The molecule has 1 atom stereocenters. The Kier molecular flexibility index (Phi) is 4.92. The zero-order valence-electron chi connectivity index (χ0n) is 11.8. The largest absolute Gasteiger partial charge is 0.469 e. The molecule has 6 nitrogen and oxygen atoms in total. The third-order valence-electron chi connectivity index (χ3n) is 3.32. The van der Waals surface area contributed by atoms with Gasteiger partial charge in [-0.2, -0.15) is 0 Å². The van der Waals surface area contributed by atoms with E-state index in [1.165, 1.54) is 12.0 Å². The van der Waals surface area contributed by atoms with E-state index >= 15 is 0 Å². The van der Waals surface area contributed by atoms with E-state index in [2.05, 4.69) is 4.74 Å². The van der Waals surface area contributed by atoms with Gasteiger partial charge in [0.2, 0.25) is 5.91 Å². The smallest absolute Gasteiger partial charge is 0.335 e. The first-order valence-electron chi connectivity index (χ1n) is 6.71. The molecular formula is C15H17NO5. The third-order valence-corrected chi connectivity index (χ3v) is 3.32. The van der Waals surface area contributed by atoms with Gasteiger partial charge < -0.3 is 9.47 Å². The van der Waals surface area contributed by atoms with Crippen molar-refractivity contribution in [1.29, 1.82) is 0 Å². The Morgan fingerprint density at radius 2 is 2.00 bits per heavy atom. The van der Waals surface area contributed by atoms with Crippen molar-refractivity contribution in [2.24, 2.45) is 0 Å². The van der Waals surface area contributed by atoms with Gasteiger partial charge >= 0.3 is 11.9 Å². The van der Waals surface area contributed by atoms with Crippen LogP contribution >= 0.6 is 0 Å². The molecule has 0 saturated carbocycles. The summed E-state index contributed by atoms with van der Waals surface area (Å²) in [5, 5.41) is 0. The SMILES string of the molecule is COC(=O)CCCC(=O)N1COC(=O)C1c1ccccc1.